The Bertz CT molecular complexity index is 1040. The third-order valence-electron chi connectivity index (χ3n) is 6.41. The molecule has 146 valence electrons. The lowest BCUT2D eigenvalue weighted by Crippen LogP contribution is -2.33. The number of hydrogen-bond acceptors (Lipinski definition) is 4. The highest BCUT2D eigenvalue weighted by atomic mass is 16.5. The molecule has 29 heavy (non-hydrogen) atoms. The molecule has 5 rings (SSSR count). The molecule has 0 unspecified atom stereocenters. The first-order chi connectivity index (χ1) is 14.0. The quantitative estimate of drug-likeness (QED) is 0.347. The number of para-hydroxylation sites is 1. The number of ether oxygens (including phenoxy) is 1. The van der Waals surface area contributed by atoms with Crippen molar-refractivity contribution >= 4 is 23.5 Å². The maximum Gasteiger partial charge on any atom is 0.343 e. The number of benzene rings is 2. The van der Waals surface area contributed by atoms with Gasteiger partial charge < -0.3 is 4.74 Å². The Labute approximate surface area is 169 Å². The van der Waals surface area contributed by atoms with Crippen LogP contribution in [0.15, 0.2) is 54.6 Å². The number of esters is 1. The largest absolute Gasteiger partial charge is 0.422 e. The van der Waals surface area contributed by atoms with Crippen LogP contribution in [-0.2, 0) is 9.59 Å². The molecular weight excluding hydrogens is 366 g/mol. The third kappa shape index (κ3) is 2.64. The minimum Gasteiger partial charge on any atom is -0.422 e. The summed E-state index contributed by atoms with van der Waals surface area (Å²) in [6, 6.07) is 12.3. The lowest BCUT2D eigenvalue weighted by Gasteiger charge is -2.18. The van der Waals surface area contributed by atoms with Gasteiger partial charge in [0, 0.05) is 0 Å². The van der Waals surface area contributed by atoms with Crippen LogP contribution in [0.5, 0.6) is 5.75 Å². The van der Waals surface area contributed by atoms with E-state index in [2.05, 4.69) is 12.2 Å². The number of hydrogen-bond donors (Lipinski definition) is 0. The molecule has 2 fully saturated rings. The van der Waals surface area contributed by atoms with Crippen molar-refractivity contribution in [2.75, 3.05) is 4.90 Å². The average molecular weight is 387 g/mol. The molecule has 2 aromatic rings. The van der Waals surface area contributed by atoms with E-state index in [0.29, 0.717) is 17.0 Å². The zero-order valence-corrected chi connectivity index (χ0v) is 16.3. The van der Waals surface area contributed by atoms with Gasteiger partial charge in [-0.1, -0.05) is 36.4 Å². The molecule has 2 aliphatic carbocycles. The summed E-state index contributed by atoms with van der Waals surface area (Å²) in [5, 5.41) is 0. The first kappa shape index (κ1) is 17.9. The second-order valence-electron chi connectivity index (χ2n) is 8.17. The van der Waals surface area contributed by atoms with Gasteiger partial charge in [-0.05, 0) is 61.4 Å². The molecule has 0 radical (unpaired) electrons. The molecule has 5 nitrogen and oxygen atoms in total. The smallest absolute Gasteiger partial charge is 0.343 e. The SMILES string of the molecule is Cc1cccc(C)c1OC(=O)c1cccc(N2C(=O)[C@H]3[C@H](C2=O)[C@H]2C=C[C@H]3C2)c1. The van der Waals surface area contributed by atoms with Crippen LogP contribution in [0, 0.1) is 37.5 Å². The first-order valence-electron chi connectivity index (χ1n) is 9.90. The van der Waals surface area contributed by atoms with Gasteiger partial charge in [-0.2, -0.15) is 0 Å². The van der Waals surface area contributed by atoms with E-state index in [0.717, 1.165) is 17.5 Å². The van der Waals surface area contributed by atoms with Gasteiger partial charge in [0.05, 0.1) is 23.1 Å². The zero-order chi connectivity index (χ0) is 20.3. The Balaban J connectivity index is 1.43. The number of imide groups is 1. The van der Waals surface area contributed by atoms with Crippen LogP contribution in [0.1, 0.15) is 27.9 Å². The van der Waals surface area contributed by atoms with Gasteiger partial charge >= 0.3 is 5.97 Å². The summed E-state index contributed by atoms with van der Waals surface area (Å²) in [6.45, 7) is 3.77. The van der Waals surface area contributed by atoms with E-state index < -0.39 is 5.97 Å². The standard InChI is InChI=1S/C24H21NO4/c1-13-5-3-6-14(2)21(13)29-24(28)17-7-4-8-18(12-17)25-22(26)19-15-9-10-16(11-15)20(19)23(25)27/h3-10,12,15-16,19-20H,11H2,1-2H3/t15-,16-,19+,20+/m0/s1. The topological polar surface area (TPSA) is 63.7 Å². The van der Waals surface area contributed by atoms with Crippen molar-refractivity contribution in [3.63, 3.8) is 0 Å². The van der Waals surface area contributed by atoms with E-state index in [-0.39, 0.29) is 35.5 Å². The van der Waals surface area contributed by atoms with E-state index in [1.54, 1.807) is 24.3 Å². The van der Waals surface area contributed by atoms with E-state index in [9.17, 15) is 14.4 Å². The van der Waals surface area contributed by atoms with Crippen LogP contribution < -0.4 is 9.64 Å². The Morgan fingerprint density at radius 2 is 1.52 bits per heavy atom. The van der Waals surface area contributed by atoms with Crippen molar-refractivity contribution in [3.8, 4) is 5.75 Å². The minimum absolute atomic E-state index is 0.155. The summed E-state index contributed by atoms with van der Waals surface area (Å²) in [7, 11) is 0. The Morgan fingerprint density at radius 1 is 0.931 bits per heavy atom. The van der Waals surface area contributed by atoms with Gasteiger partial charge in [0.25, 0.3) is 0 Å². The molecule has 1 heterocycles. The van der Waals surface area contributed by atoms with Crippen molar-refractivity contribution in [2.45, 2.75) is 20.3 Å². The summed E-state index contributed by atoms with van der Waals surface area (Å²) in [5.41, 5.74) is 2.49. The lowest BCUT2D eigenvalue weighted by atomic mass is 9.85. The van der Waals surface area contributed by atoms with E-state index in [1.807, 2.05) is 32.0 Å². The molecule has 0 aromatic heterocycles. The van der Waals surface area contributed by atoms with Gasteiger partial charge in [0.1, 0.15) is 5.75 Å². The number of nitrogens with zero attached hydrogens (tertiary/aromatic N) is 1. The second kappa shape index (κ2) is 6.41. The molecule has 2 bridgehead atoms. The van der Waals surface area contributed by atoms with E-state index in [4.69, 9.17) is 4.74 Å². The molecule has 5 heteroatoms. The third-order valence-corrected chi connectivity index (χ3v) is 6.41. The highest BCUT2D eigenvalue weighted by molar-refractivity contribution is 6.23. The molecule has 1 saturated heterocycles. The van der Waals surface area contributed by atoms with Crippen LogP contribution in [0.4, 0.5) is 5.69 Å². The number of aryl methyl sites for hydroxylation is 2. The molecule has 2 aromatic carbocycles. The highest BCUT2D eigenvalue weighted by Gasteiger charge is 2.59. The van der Waals surface area contributed by atoms with Gasteiger partial charge in [0.15, 0.2) is 0 Å². The summed E-state index contributed by atoms with van der Waals surface area (Å²) in [5.74, 6) is -0.495. The lowest BCUT2D eigenvalue weighted by molar-refractivity contribution is -0.123. The molecule has 0 N–H and O–H groups in total. The van der Waals surface area contributed by atoms with Gasteiger partial charge in [0.2, 0.25) is 11.8 Å². The van der Waals surface area contributed by atoms with Crippen LogP contribution in [0.3, 0.4) is 0 Å². The summed E-state index contributed by atoms with van der Waals surface area (Å²) < 4.78 is 5.61. The highest BCUT2D eigenvalue weighted by Crippen LogP contribution is 2.53. The monoisotopic (exact) mass is 387 g/mol. The van der Waals surface area contributed by atoms with Crippen molar-refractivity contribution < 1.29 is 19.1 Å². The van der Waals surface area contributed by atoms with Crippen LogP contribution in [-0.4, -0.2) is 17.8 Å². The molecule has 3 aliphatic rings. The Hall–Kier alpha value is -3.21. The Morgan fingerprint density at radius 3 is 2.14 bits per heavy atom. The van der Waals surface area contributed by atoms with Crippen molar-refractivity contribution in [1.82, 2.24) is 0 Å². The second-order valence-corrected chi connectivity index (χ2v) is 8.17. The van der Waals surface area contributed by atoms with Crippen LogP contribution >= 0.6 is 0 Å². The molecule has 1 saturated carbocycles. The predicted octanol–water partition coefficient (Wildman–Crippen LogP) is 3.83. The average Bonchev–Trinajstić information content (AvgIpc) is 3.38. The van der Waals surface area contributed by atoms with E-state index >= 15 is 0 Å². The predicted molar refractivity (Wildman–Crippen MR) is 108 cm³/mol. The fourth-order valence-corrected chi connectivity index (χ4v) is 5.04. The zero-order valence-electron chi connectivity index (χ0n) is 16.3. The van der Waals surface area contributed by atoms with Gasteiger partial charge in [-0.3, -0.25) is 9.59 Å². The van der Waals surface area contributed by atoms with Crippen molar-refractivity contribution in [1.29, 1.82) is 0 Å². The number of allylic oxidation sites excluding steroid dienone is 2. The number of carbonyl (C=O) groups excluding carboxylic acids is 3. The van der Waals surface area contributed by atoms with Crippen molar-refractivity contribution in [2.24, 2.45) is 23.7 Å². The number of anilines is 1. The summed E-state index contributed by atoms with van der Waals surface area (Å²) >= 11 is 0. The number of rotatable bonds is 3. The van der Waals surface area contributed by atoms with Crippen molar-refractivity contribution in [3.05, 3.63) is 71.3 Å². The van der Waals surface area contributed by atoms with Crippen LogP contribution in [0.25, 0.3) is 0 Å². The summed E-state index contributed by atoms with van der Waals surface area (Å²) in [4.78, 5) is 40.0. The van der Waals surface area contributed by atoms with E-state index in [1.165, 1.54) is 4.90 Å². The fourth-order valence-electron chi connectivity index (χ4n) is 5.04. The number of carbonyl (C=O) groups is 3. The van der Waals surface area contributed by atoms with Crippen LogP contribution in [0.2, 0.25) is 0 Å². The van der Waals surface area contributed by atoms with Gasteiger partial charge in [-0.15, -0.1) is 0 Å². The molecule has 0 spiro atoms. The molecular formula is C24H21NO4. The maximum absolute atomic E-state index is 13.0. The molecule has 4 atom stereocenters. The first-order valence-corrected chi connectivity index (χ1v) is 9.90. The molecule has 1 aliphatic heterocycles. The maximum atomic E-state index is 13.0. The normalized spacial score (nSPS) is 26.9. The number of fused-ring (bicyclic) bond motifs is 5. The number of amides is 2. The molecule has 2 amide bonds. The summed E-state index contributed by atoms with van der Waals surface area (Å²) in [6.07, 6.45) is 5.03. The van der Waals surface area contributed by atoms with Gasteiger partial charge in [-0.25, -0.2) is 9.69 Å². The Kier molecular flexibility index (Phi) is 3.95. The minimum atomic E-state index is -0.509. The fraction of sp³-hybridized carbons (Fsp3) is 0.292.